The van der Waals surface area contributed by atoms with Gasteiger partial charge in [0.2, 0.25) is 0 Å². The molecular weight excluding hydrogens is 262 g/mol. The van der Waals surface area contributed by atoms with Crippen molar-refractivity contribution in [1.29, 1.82) is 0 Å². The van der Waals surface area contributed by atoms with E-state index in [-0.39, 0.29) is 5.84 Å². The summed E-state index contributed by atoms with van der Waals surface area (Å²) in [6.07, 6.45) is 8.16. The molecule has 0 unspecified atom stereocenters. The van der Waals surface area contributed by atoms with E-state index in [2.05, 4.69) is 23.0 Å². The molecule has 1 heterocycles. The Balaban J connectivity index is 1.85. The van der Waals surface area contributed by atoms with Gasteiger partial charge in [-0.05, 0) is 49.7 Å². The zero-order valence-corrected chi connectivity index (χ0v) is 12.8. The van der Waals surface area contributed by atoms with Crippen LogP contribution in [0.15, 0.2) is 23.4 Å². The summed E-state index contributed by atoms with van der Waals surface area (Å²) in [6, 6.07) is 6.01. The molecule has 1 spiro atoms. The molecule has 1 aliphatic heterocycles. The Kier molecular flexibility index (Phi) is 3.79. The third-order valence-electron chi connectivity index (χ3n) is 5.43. The summed E-state index contributed by atoms with van der Waals surface area (Å²) in [7, 11) is 0. The van der Waals surface area contributed by atoms with Crippen LogP contribution < -0.4 is 10.6 Å². The van der Waals surface area contributed by atoms with E-state index in [1.54, 1.807) is 0 Å². The van der Waals surface area contributed by atoms with Gasteiger partial charge in [0.05, 0.1) is 5.69 Å². The highest BCUT2D eigenvalue weighted by Gasteiger charge is 2.37. The van der Waals surface area contributed by atoms with Gasteiger partial charge in [-0.15, -0.1) is 0 Å². The molecule has 3 N–H and O–H groups in total. The Morgan fingerprint density at radius 1 is 1.19 bits per heavy atom. The lowest BCUT2D eigenvalue weighted by molar-refractivity contribution is 0.226. The van der Waals surface area contributed by atoms with Gasteiger partial charge in [0, 0.05) is 18.7 Å². The van der Waals surface area contributed by atoms with Crippen molar-refractivity contribution in [2.24, 2.45) is 16.3 Å². The van der Waals surface area contributed by atoms with Gasteiger partial charge in [-0.2, -0.15) is 0 Å². The second-order valence-electron chi connectivity index (χ2n) is 6.65. The van der Waals surface area contributed by atoms with E-state index in [0.717, 1.165) is 24.3 Å². The molecule has 1 saturated carbocycles. The van der Waals surface area contributed by atoms with E-state index in [4.69, 9.17) is 10.9 Å². The number of benzene rings is 1. The molecule has 1 aromatic carbocycles. The Hall–Kier alpha value is -1.71. The van der Waals surface area contributed by atoms with E-state index in [1.165, 1.54) is 44.1 Å². The number of amidine groups is 1. The molecule has 4 nitrogen and oxygen atoms in total. The van der Waals surface area contributed by atoms with Gasteiger partial charge < -0.3 is 15.8 Å². The molecule has 0 bridgehead atoms. The quantitative estimate of drug-likeness (QED) is 0.380. The number of hydrogen-bond acceptors (Lipinski definition) is 3. The minimum absolute atomic E-state index is 0.204. The van der Waals surface area contributed by atoms with Crippen molar-refractivity contribution in [2.75, 3.05) is 18.0 Å². The normalized spacial score (nSPS) is 22.0. The van der Waals surface area contributed by atoms with Gasteiger partial charge in [0.25, 0.3) is 0 Å². The standard InChI is InChI=1S/C17H25N3O/c1-13-5-4-6-14(16(18)19-21)15(13)20-11-9-17(10-12-20)7-2-3-8-17/h4-6,21H,2-3,7-12H2,1H3,(H2,18,19). The number of piperidine rings is 1. The summed E-state index contributed by atoms with van der Waals surface area (Å²) in [6.45, 7) is 4.26. The van der Waals surface area contributed by atoms with Crippen LogP contribution in [0.25, 0.3) is 0 Å². The summed E-state index contributed by atoms with van der Waals surface area (Å²) in [4.78, 5) is 2.42. The lowest BCUT2D eigenvalue weighted by Gasteiger charge is -2.41. The van der Waals surface area contributed by atoms with Crippen LogP contribution in [0.5, 0.6) is 0 Å². The smallest absolute Gasteiger partial charge is 0.172 e. The molecule has 1 aliphatic carbocycles. The first kappa shape index (κ1) is 14.2. The third kappa shape index (κ3) is 2.59. The van der Waals surface area contributed by atoms with Crippen LogP contribution in [0, 0.1) is 12.3 Å². The van der Waals surface area contributed by atoms with Crippen molar-refractivity contribution in [3.63, 3.8) is 0 Å². The van der Waals surface area contributed by atoms with Crippen LogP contribution in [0.3, 0.4) is 0 Å². The summed E-state index contributed by atoms with van der Waals surface area (Å²) in [5.74, 6) is 0.204. The van der Waals surface area contributed by atoms with Crippen molar-refractivity contribution < 1.29 is 5.21 Å². The SMILES string of the molecule is Cc1cccc(/C(N)=N/O)c1N1CCC2(CCCC2)CC1. The maximum Gasteiger partial charge on any atom is 0.172 e. The maximum atomic E-state index is 9.01. The molecule has 0 aromatic heterocycles. The molecular formula is C17H25N3O. The molecule has 1 aromatic rings. The van der Waals surface area contributed by atoms with Gasteiger partial charge in [-0.25, -0.2) is 0 Å². The van der Waals surface area contributed by atoms with Crippen LogP contribution in [-0.2, 0) is 0 Å². The predicted octanol–water partition coefficient (Wildman–Crippen LogP) is 3.25. The largest absolute Gasteiger partial charge is 0.409 e. The monoisotopic (exact) mass is 287 g/mol. The average Bonchev–Trinajstić information content (AvgIpc) is 2.96. The number of para-hydroxylation sites is 1. The van der Waals surface area contributed by atoms with Gasteiger partial charge in [-0.1, -0.05) is 30.1 Å². The minimum Gasteiger partial charge on any atom is -0.409 e. The summed E-state index contributed by atoms with van der Waals surface area (Å²) in [5, 5.41) is 12.2. The van der Waals surface area contributed by atoms with Crippen molar-refractivity contribution in [2.45, 2.75) is 45.4 Å². The molecule has 0 amide bonds. The fraction of sp³-hybridized carbons (Fsp3) is 0.588. The van der Waals surface area contributed by atoms with Gasteiger partial charge in [0.1, 0.15) is 0 Å². The highest BCUT2D eigenvalue weighted by atomic mass is 16.4. The summed E-state index contributed by atoms with van der Waals surface area (Å²) >= 11 is 0. The minimum atomic E-state index is 0.204. The second kappa shape index (κ2) is 5.58. The number of nitrogens with zero attached hydrogens (tertiary/aromatic N) is 2. The van der Waals surface area contributed by atoms with E-state index < -0.39 is 0 Å². The Bertz CT molecular complexity index is 537. The van der Waals surface area contributed by atoms with Crippen LogP contribution in [0.1, 0.15) is 49.7 Å². The number of hydrogen-bond donors (Lipinski definition) is 2. The van der Waals surface area contributed by atoms with Crippen molar-refractivity contribution in [3.05, 3.63) is 29.3 Å². The van der Waals surface area contributed by atoms with Gasteiger partial charge >= 0.3 is 0 Å². The highest BCUT2D eigenvalue weighted by molar-refractivity contribution is 6.02. The highest BCUT2D eigenvalue weighted by Crippen LogP contribution is 2.47. The second-order valence-corrected chi connectivity index (χ2v) is 6.65. The summed E-state index contributed by atoms with van der Waals surface area (Å²) < 4.78 is 0. The van der Waals surface area contributed by atoms with Crippen LogP contribution in [0.4, 0.5) is 5.69 Å². The lowest BCUT2D eigenvalue weighted by atomic mass is 9.77. The Morgan fingerprint density at radius 3 is 2.48 bits per heavy atom. The fourth-order valence-corrected chi connectivity index (χ4v) is 4.17. The van der Waals surface area contributed by atoms with E-state index in [1.807, 2.05) is 12.1 Å². The van der Waals surface area contributed by atoms with E-state index in [0.29, 0.717) is 5.41 Å². The van der Waals surface area contributed by atoms with E-state index in [9.17, 15) is 0 Å². The number of aryl methyl sites for hydroxylation is 1. The van der Waals surface area contributed by atoms with Crippen LogP contribution >= 0.6 is 0 Å². The number of anilines is 1. The molecule has 0 atom stereocenters. The summed E-state index contributed by atoms with van der Waals surface area (Å²) in [5.41, 5.74) is 9.65. The first-order valence-electron chi connectivity index (χ1n) is 7.98. The zero-order chi connectivity index (χ0) is 14.9. The zero-order valence-electron chi connectivity index (χ0n) is 12.8. The van der Waals surface area contributed by atoms with Crippen LogP contribution in [0.2, 0.25) is 0 Å². The number of nitrogens with two attached hydrogens (primary N) is 1. The Morgan fingerprint density at radius 2 is 1.86 bits per heavy atom. The van der Waals surface area contributed by atoms with Crippen molar-refractivity contribution in [3.8, 4) is 0 Å². The average molecular weight is 287 g/mol. The molecule has 114 valence electrons. The maximum absolute atomic E-state index is 9.01. The van der Waals surface area contributed by atoms with Gasteiger partial charge in [-0.3, -0.25) is 0 Å². The number of rotatable bonds is 2. The first-order chi connectivity index (χ1) is 10.2. The Labute approximate surface area is 126 Å². The molecule has 21 heavy (non-hydrogen) atoms. The molecule has 2 fully saturated rings. The first-order valence-corrected chi connectivity index (χ1v) is 7.98. The van der Waals surface area contributed by atoms with Gasteiger partial charge in [0.15, 0.2) is 5.84 Å². The molecule has 2 aliphatic rings. The number of oxime groups is 1. The lowest BCUT2D eigenvalue weighted by Crippen LogP contribution is -2.40. The van der Waals surface area contributed by atoms with Crippen molar-refractivity contribution in [1.82, 2.24) is 0 Å². The predicted molar refractivity (Wildman–Crippen MR) is 86.0 cm³/mol. The van der Waals surface area contributed by atoms with Crippen molar-refractivity contribution >= 4 is 11.5 Å². The topological polar surface area (TPSA) is 61.9 Å². The molecule has 4 heteroatoms. The van der Waals surface area contributed by atoms with Crippen LogP contribution in [-0.4, -0.2) is 24.1 Å². The molecule has 0 radical (unpaired) electrons. The molecule has 1 saturated heterocycles. The molecule has 3 rings (SSSR count). The third-order valence-corrected chi connectivity index (χ3v) is 5.43. The van der Waals surface area contributed by atoms with E-state index >= 15 is 0 Å². The fourth-order valence-electron chi connectivity index (χ4n) is 4.17.